The summed E-state index contributed by atoms with van der Waals surface area (Å²) in [5.74, 6) is -5.54. The minimum Gasteiger partial charge on any atom is -0.346 e. The van der Waals surface area contributed by atoms with E-state index in [0.717, 1.165) is 49.6 Å². The Balaban J connectivity index is 1.62. The highest BCUT2D eigenvalue weighted by molar-refractivity contribution is 7.92. The average Bonchev–Trinajstić information content (AvgIpc) is 3.90. The van der Waals surface area contributed by atoms with E-state index in [1.54, 1.807) is 0 Å². The lowest BCUT2D eigenvalue weighted by Crippen LogP contribution is -2.36. The van der Waals surface area contributed by atoms with Gasteiger partial charge in [0, 0.05) is 53.8 Å². The van der Waals surface area contributed by atoms with Crippen LogP contribution in [-0.4, -0.2) is 99.4 Å². The van der Waals surface area contributed by atoms with Crippen molar-refractivity contribution in [2.45, 2.75) is 102 Å². The number of sulfone groups is 1. The van der Waals surface area contributed by atoms with Gasteiger partial charge < -0.3 is 15.1 Å². The number of hydrogen-bond donors (Lipinski definition) is 3. The number of ketones is 1. The maximum Gasteiger partial charge on any atom is 0.469 e. The molecule has 420 valence electrons. The van der Waals surface area contributed by atoms with Gasteiger partial charge in [-0.2, -0.15) is 45.3 Å². The number of carbonyl (C=O) groups excluding carboxylic acids is 2. The number of phosphoric acid groups is 1. The van der Waals surface area contributed by atoms with Gasteiger partial charge in [-0.15, -0.1) is 0 Å². The molecule has 31 heteroatoms. The van der Waals surface area contributed by atoms with E-state index in [9.17, 15) is 75.9 Å². The molecule has 2 aromatic carbocycles. The standard InChI is InChI=1S/C46H47ClF10N7O10PS2/c1-24-20-44(50,51)40-35(24)39(46(55,56)57)60-62(40)21-34(66)59-32(18-25-16-26(48)19-27(49)17-25)37-29(9-8-28(58-37)12-14-43(4,5)76(6,70)71)30-10-11-31(47)36-38(30)63(22-45(52,53)54)61-41(36)64(77(7,72)73)15-13-33(65)42(2,3)23-74-75(67,68)69/h8-11,16-17,19,24,32H,13,15,18,20-23H2,1-7H3,(H,59,66)(H2,67,68,69)/t24-,32-/m0/s1. The summed E-state index contributed by atoms with van der Waals surface area (Å²) in [4.78, 5) is 50.5. The number of aromatic nitrogens is 5. The van der Waals surface area contributed by atoms with Crippen LogP contribution in [0.1, 0.15) is 93.3 Å². The molecule has 0 fully saturated rings. The fourth-order valence-electron chi connectivity index (χ4n) is 8.37. The van der Waals surface area contributed by atoms with Crippen molar-refractivity contribution >= 4 is 67.7 Å². The van der Waals surface area contributed by atoms with Gasteiger partial charge in [-0.3, -0.25) is 27.8 Å². The molecule has 6 rings (SSSR count). The summed E-state index contributed by atoms with van der Waals surface area (Å²) in [6.45, 7) is 0.962. The Morgan fingerprint density at radius 3 is 2.13 bits per heavy atom. The first-order valence-electron chi connectivity index (χ1n) is 22.5. The maximum absolute atomic E-state index is 15.4. The molecule has 0 bridgehead atoms. The van der Waals surface area contributed by atoms with Crippen LogP contribution in [0.3, 0.4) is 0 Å². The number of Topliss-reactive ketones (excluding diaryl/α,β-unsaturated/α-hetero) is 1. The van der Waals surface area contributed by atoms with E-state index in [0.29, 0.717) is 21.3 Å². The van der Waals surface area contributed by atoms with Crippen LogP contribution >= 0.6 is 19.4 Å². The van der Waals surface area contributed by atoms with E-state index in [1.165, 1.54) is 27.7 Å². The Hall–Kier alpha value is -5.63. The van der Waals surface area contributed by atoms with Crippen molar-refractivity contribution in [3.63, 3.8) is 0 Å². The van der Waals surface area contributed by atoms with Crippen molar-refractivity contribution in [3.05, 3.63) is 93.0 Å². The molecule has 0 unspecified atom stereocenters. The monoisotopic (exact) mass is 1180 g/mol. The number of amides is 1. The number of nitrogens with zero attached hydrogens (tertiary/aromatic N) is 6. The van der Waals surface area contributed by atoms with E-state index < -0.39 is 181 Å². The first-order chi connectivity index (χ1) is 35.0. The Bertz CT molecular complexity index is 3500. The van der Waals surface area contributed by atoms with E-state index in [-0.39, 0.29) is 27.1 Å². The zero-order valence-electron chi connectivity index (χ0n) is 41.4. The highest BCUT2D eigenvalue weighted by atomic mass is 35.5. The normalized spacial score (nSPS) is 15.8. The summed E-state index contributed by atoms with van der Waals surface area (Å²) >= 11 is 6.69. The second-order valence-electron chi connectivity index (χ2n) is 19.4. The zero-order chi connectivity index (χ0) is 58.0. The van der Waals surface area contributed by atoms with E-state index in [4.69, 9.17) is 11.6 Å². The number of rotatable bonds is 18. The van der Waals surface area contributed by atoms with Crippen molar-refractivity contribution < 1.29 is 89.2 Å². The fraction of sp³-hybridized carbons (Fsp3) is 0.457. The number of hydrogen-bond acceptors (Lipinski definition) is 11. The predicted octanol–water partition coefficient (Wildman–Crippen LogP) is 8.54. The summed E-state index contributed by atoms with van der Waals surface area (Å²) in [5, 5.41) is 8.83. The average molecular weight is 1180 g/mol. The largest absolute Gasteiger partial charge is 0.469 e. The molecule has 0 spiro atoms. The molecule has 2 atom stereocenters. The summed E-state index contributed by atoms with van der Waals surface area (Å²) < 4.78 is 215. The molecular formula is C46H47ClF10N7O10PS2. The molecule has 3 aromatic heterocycles. The molecule has 1 aliphatic rings. The predicted molar refractivity (Wildman–Crippen MR) is 259 cm³/mol. The number of pyridine rings is 1. The van der Waals surface area contributed by atoms with Crippen molar-refractivity contribution in [2.75, 3.05) is 30.0 Å². The van der Waals surface area contributed by atoms with Gasteiger partial charge in [0.2, 0.25) is 15.9 Å². The first kappa shape index (κ1) is 60.6. The minimum absolute atomic E-state index is 0.150. The Kier molecular flexibility index (Phi) is 16.7. The topological polar surface area (TPSA) is 233 Å². The molecule has 77 heavy (non-hydrogen) atoms. The van der Waals surface area contributed by atoms with Crippen LogP contribution < -0.4 is 9.62 Å². The number of sulfonamides is 1. The van der Waals surface area contributed by atoms with E-state index >= 15 is 8.78 Å². The maximum atomic E-state index is 15.4. The number of anilines is 1. The van der Waals surface area contributed by atoms with Crippen molar-refractivity contribution in [3.8, 4) is 23.0 Å². The van der Waals surface area contributed by atoms with Gasteiger partial charge in [-0.25, -0.2) is 35.2 Å². The third kappa shape index (κ3) is 14.0. The number of carbonyl (C=O) groups is 2. The SMILES string of the molecule is C[C@H]1CC(F)(F)c2c1c(C(F)(F)F)nn2CC(=O)N[C@@H](Cc1cc(F)cc(F)c1)c1nc(C#CC(C)(C)S(C)(=O)=O)ccc1-c1ccc(Cl)c2c(N(CCC(=O)C(C)(C)COP(=O)(O)O)S(C)(=O)=O)nn(CC(F)(F)F)c12. The van der Waals surface area contributed by atoms with Crippen molar-refractivity contribution in [1.29, 1.82) is 0 Å². The van der Waals surface area contributed by atoms with E-state index in [1.807, 2.05) is 0 Å². The number of nitrogens with one attached hydrogen (secondary N) is 1. The first-order valence-corrected chi connectivity index (χ1v) is 28.2. The summed E-state index contributed by atoms with van der Waals surface area (Å²) in [5.41, 5.74) is -7.81. The molecule has 0 aliphatic heterocycles. The van der Waals surface area contributed by atoms with Gasteiger partial charge in [0.15, 0.2) is 21.3 Å². The lowest BCUT2D eigenvalue weighted by atomic mass is 9.87. The fourth-order valence-corrected chi connectivity index (χ4v) is 10.2. The highest BCUT2D eigenvalue weighted by Crippen LogP contribution is 2.52. The number of halogens is 11. The van der Waals surface area contributed by atoms with Gasteiger partial charge in [0.1, 0.15) is 46.6 Å². The van der Waals surface area contributed by atoms with Crippen LogP contribution in [0.25, 0.3) is 22.0 Å². The molecule has 1 amide bonds. The molecule has 0 saturated heterocycles. The third-order valence-corrected chi connectivity index (χ3v) is 16.2. The highest BCUT2D eigenvalue weighted by Gasteiger charge is 2.53. The number of phosphoric ester groups is 1. The van der Waals surface area contributed by atoms with Gasteiger partial charge in [0.05, 0.1) is 40.5 Å². The zero-order valence-corrected chi connectivity index (χ0v) is 44.7. The van der Waals surface area contributed by atoms with Crippen molar-refractivity contribution in [1.82, 2.24) is 29.9 Å². The molecule has 3 heterocycles. The molecule has 1 aliphatic carbocycles. The van der Waals surface area contributed by atoms with E-state index in [2.05, 4.69) is 36.9 Å². The van der Waals surface area contributed by atoms with Crippen LogP contribution in [0.2, 0.25) is 5.02 Å². The quantitative estimate of drug-likeness (QED) is 0.0425. The lowest BCUT2D eigenvalue weighted by molar-refractivity contribution is -0.143. The van der Waals surface area contributed by atoms with Crippen LogP contribution in [0, 0.1) is 28.9 Å². The smallest absolute Gasteiger partial charge is 0.346 e. The number of alkyl halides is 8. The molecule has 17 nitrogen and oxygen atoms in total. The van der Waals surface area contributed by atoms with Crippen LogP contribution in [-0.2, 0) is 70.1 Å². The summed E-state index contributed by atoms with van der Waals surface area (Å²) in [6.07, 6.45) is -11.5. The molecule has 0 saturated carbocycles. The van der Waals surface area contributed by atoms with Crippen molar-refractivity contribution in [2.24, 2.45) is 5.41 Å². The number of benzene rings is 2. The molecule has 3 N–H and O–H groups in total. The second kappa shape index (κ2) is 21.2. The van der Waals surface area contributed by atoms with Crippen LogP contribution in [0.15, 0.2) is 42.5 Å². The molecule has 0 radical (unpaired) electrons. The van der Waals surface area contributed by atoms with Gasteiger partial charge >= 0.3 is 20.2 Å². The van der Waals surface area contributed by atoms with Crippen LogP contribution in [0.5, 0.6) is 0 Å². The van der Waals surface area contributed by atoms with Gasteiger partial charge in [-0.05, 0) is 68.0 Å². The van der Waals surface area contributed by atoms with Crippen LogP contribution in [0.4, 0.5) is 49.7 Å². The number of fused-ring (bicyclic) bond motifs is 2. The summed E-state index contributed by atoms with van der Waals surface area (Å²) in [7, 11) is -13.7. The Morgan fingerprint density at radius 2 is 1.57 bits per heavy atom. The third-order valence-electron chi connectivity index (χ3n) is 12.3. The minimum atomic E-state index is -5.27. The lowest BCUT2D eigenvalue weighted by Gasteiger charge is -2.25. The molecular weight excluding hydrogens is 1130 g/mol. The summed E-state index contributed by atoms with van der Waals surface area (Å²) in [6, 6.07) is 4.70. The Labute approximate surface area is 438 Å². The van der Waals surface area contributed by atoms with Gasteiger partial charge in [0.25, 0.3) is 5.92 Å². The van der Waals surface area contributed by atoms with Gasteiger partial charge in [-0.1, -0.05) is 44.4 Å². The molecule has 5 aromatic rings. The Morgan fingerprint density at radius 1 is 0.961 bits per heavy atom. The second-order valence-corrected chi connectivity index (χ2v) is 25.5.